The molecule has 36 heavy (non-hydrogen) atoms. The van der Waals surface area contributed by atoms with Crippen molar-refractivity contribution in [2.24, 2.45) is 0 Å². The fraction of sp³-hybridized carbons (Fsp3) is 0.391. The Morgan fingerprint density at radius 3 is 2.44 bits per heavy atom. The summed E-state index contributed by atoms with van der Waals surface area (Å²) in [5, 5.41) is 12.4. The molecule has 4 rings (SSSR count). The fourth-order valence-corrected chi connectivity index (χ4v) is 4.28. The number of carboxylic acid groups (broad SMARTS) is 1. The number of piperidine rings is 1. The highest BCUT2D eigenvalue weighted by Crippen LogP contribution is 2.39. The van der Waals surface area contributed by atoms with E-state index in [4.69, 9.17) is 11.6 Å². The Bertz CT molecular complexity index is 1320. The summed E-state index contributed by atoms with van der Waals surface area (Å²) in [4.78, 5) is 24.7. The first-order valence-corrected chi connectivity index (χ1v) is 11.3. The molecule has 7 nitrogen and oxygen atoms in total. The zero-order chi connectivity index (χ0) is 26.4. The second kappa shape index (κ2) is 9.30. The number of halogens is 6. The second-order valence-corrected chi connectivity index (χ2v) is 9.05. The summed E-state index contributed by atoms with van der Waals surface area (Å²) in [7, 11) is 0. The molecule has 0 radical (unpaired) electrons. The third kappa shape index (κ3) is 5.28. The van der Waals surface area contributed by atoms with Crippen molar-refractivity contribution in [2.75, 3.05) is 23.3 Å². The Morgan fingerprint density at radius 1 is 1.17 bits per heavy atom. The van der Waals surface area contributed by atoms with Gasteiger partial charge >= 0.3 is 12.1 Å². The van der Waals surface area contributed by atoms with Gasteiger partial charge in [0.15, 0.2) is 17.2 Å². The highest BCUT2D eigenvalue weighted by Gasteiger charge is 2.41. The van der Waals surface area contributed by atoms with Crippen LogP contribution in [0.5, 0.6) is 0 Å². The molecule has 1 aliphatic rings. The number of aryl methyl sites for hydroxylation is 1. The van der Waals surface area contributed by atoms with Gasteiger partial charge in [-0.25, -0.2) is 28.5 Å². The van der Waals surface area contributed by atoms with Crippen LogP contribution in [0, 0.1) is 6.92 Å². The second-order valence-electron chi connectivity index (χ2n) is 8.66. The van der Waals surface area contributed by atoms with Crippen molar-refractivity contribution >= 4 is 40.1 Å². The Balaban J connectivity index is 1.82. The molecule has 3 heterocycles. The third-order valence-corrected chi connectivity index (χ3v) is 6.10. The van der Waals surface area contributed by atoms with Gasteiger partial charge in [-0.05, 0) is 37.6 Å². The number of carboxylic acids is 1. The molecule has 1 unspecified atom stereocenters. The minimum atomic E-state index is -4.85. The van der Waals surface area contributed by atoms with E-state index < -0.39 is 48.5 Å². The normalized spacial score (nSPS) is 16.7. The van der Waals surface area contributed by atoms with E-state index in [0.29, 0.717) is 11.1 Å². The van der Waals surface area contributed by atoms with Gasteiger partial charge in [0, 0.05) is 31.5 Å². The lowest BCUT2D eigenvalue weighted by molar-refractivity contribution is -0.140. The van der Waals surface area contributed by atoms with Crippen LogP contribution >= 0.6 is 11.6 Å². The lowest BCUT2D eigenvalue weighted by Crippen LogP contribution is -2.41. The van der Waals surface area contributed by atoms with E-state index in [0.717, 1.165) is 0 Å². The van der Waals surface area contributed by atoms with Crippen molar-refractivity contribution in [1.82, 2.24) is 15.0 Å². The highest BCUT2D eigenvalue weighted by atomic mass is 35.5. The van der Waals surface area contributed by atoms with E-state index in [9.17, 15) is 31.9 Å². The van der Waals surface area contributed by atoms with Crippen LogP contribution in [-0.4, -0.2) is 45.0 Å². The Kier molecular flexibility index (Phi) is 6.67. The zero-order valence-corrected chi connectivity index (χ0v) is 19.9. The van der Waals surface area contributed by atoms with Crippen LogP contribution < -0.4 is 10.2 Å². The van der Waals surface area contributed by atoms with E-state index in [1.807, 2.05) is 0 Å². The number of aromatic nitrogens is 3. The number of benzene rings is 1. The number of carbonyl (C=O) groups is 1. The summed E-state index contributed by atoms with van der Waals surface area (Å²) in [6.07, 6.45) is -6.04. The standard InChI is InChI=1S/C23H21ClF5N5O2/c1-11-9-13(12(2)30-14-3-4-16(24)32-18(14)21(35)36)17-15(10-11)31-19(23(27,28)29)20(33-17)34-7-5-22(25,26)6-8-34/h3-4,9-10,12,30H,5-8H2,1-2H3,(H,35,36). The van der Waals surface area contributed by atoms with Crippen LogP contribution in [-0.2, 0) is 6.18 Å². The van der Waals surface area contributed by atoms with Crippen molar-refractivity contribution in [2.45, 2.75) is 44.8 Å². The molecule has 1 atom stereocenters. The number of nitrogens with zero attached hydrogens (tertiary/aromatic N) is 4. The minimum absolute atomic E-state index is 0.0195. The number of alkyl halides is 5. The van der Waals surface area contributed by atoms with Gasteiger partial charge in [0.05, 0.1) is 22.8 Å². The average Bonchev–Trinajstić information content (AvgIpc) is 2.78. The summed E-state index contributed by atoms with van der Waals surface area (Å²) in [5.41, 5.74) is -0.260. The molecule has 1 aliphatic heterocycles. The molecule has 1 saturated heterocycles. The summed E-state index contributed by atoms with van der Waals surface area (Å²) < 4.78 is 69.1. The molecule has 192 valence electrons. The van der Waals surface area contributed by atoms with Crippen molar-refractivity contribution in [3.63, 3.8) is 0 Å². The number of nitrogens with one attached hydrogen (secondary N) is 1. The number of fused-ring (bicyclic) bond motifs is 1. The Hall–Kier alpha value is -3.28. The first-order valence-electron chi connectivity index (χ1n) is 10.9. The van der Waals surface area contributed by atoms with Crippen LogP contribution in [0.3, 0.4) is 0 Å². The number of pyridine rings is 1. The molecule has 2 aromatic heterocycles. The molecule has 1 aromatic carbocycles. The predicted octanol–water partition coefficient (Wildman–Crippen LogP) is 6.11. The fourth-order valence-electron chi connectivity index (χ4n) is 4.14. The lowest BCUT2D eigenvalue weighted by Gasteiger charge is -2.33. The molecule has 0 amide bonds. The predicted molar refractivity (Wildman–Crippen MR) is 124 cm³/mol. The van der Waals surface area contributed by atoms with Crippen molar-refractivity contribution in [3.8, 4) is 0 Å². The largest absolute Gasteiger partial charge is 0.476 e. The summed E-state index contributed by atoms with van der Waals surface area (Å²) in [5.74, 6) is -4.78. The maximum absolute atomic E-state index is 13.9. The monoisotopic (exact) mass is 529 g/mol. The van der Waals surface area contributed by atoms with E-state index in [-0.39, 0.29) is 40.7 Å². The summed E-state index contributed by atoms with van der Waals surface area (Å²) in [6.45, 7) is 2.75. The first kappa shape index (κ1) is 25.8. The van der Waals surface area contributed by atoms with Crippen LogP contribution in [0.4, 0.5) is 33.5 Å². The molecular formula is C23H21ClF5N5O2. The number of hydrogen-bond donors (Lipinski definition) is 2. The molecule has 0 spiro atoms. The number of hydrogen-bond acceptors (Lipinski definition) is 6. The molecule has 0 bridgehead atoms. The van der Waals surface area contributed by atoms with Crippen molar-refractivity contribution < 1.29 is 31.9 Å². The van der Waals surface area contributed by atoms with Crippen molar-refractivity contribution in [1.29, 1.82) is 0 Å². The molecule has 3 aromatic rings. The SMILES string of the molecule is Cc1cc(C(C)Nc2ccc(Cl)nc2C(=O)O)c2nc(N3CCC(F)(F)CC3)c(C(F)(F)F)nc2c1. The van der Waals surface area contributed by atoms with E-state index in [1.54, 1.807) is 19.9 Å². The number of rotatable bonds is 5. The van der Waals surface area contributed by atoms with Crippen LogP contribution in [0.2, 0.25) is 5.15 Å². The molecule has 2 N–H and O–H groups in total. The Labute approximate surface area is 207 Å². The number of anilines is 2. The van der Waals surface area contributed by atoms with E-state index >= 15 is 0 Å². The van der Waals surface area contributed by atoms with Gasteiger partial charge in [-0.3, -0.25) is 0 Å². The van der Waals surface area contributed by atoms with Crippen LogP contribution in [0.25, 0.3) is 11.0 Å². The van der Waals surface area contributed by atoms with Crippen LogP contribution in [0.15, 0.2) is 24.3 Å². The zero-order valence-electron chi connectivity index (χ0n) is 19.1. The van der Waals surface area contributed by atoms with Crippen molar-refractivity contribution in [3.05, 3.63) is 51.9 Å². The van der Waals surface area contributed by atoms with Crippen LogP contribution in [0.1, 0.15) is 53.1 Å². The highest BCUT2D eigenvalue weighted by molar-refractivity contribution is 6.29. The van der Waals surface area contributed by atoms with Gasteiger partial charge in [0.1, 0.15) is 5.15 Å². The smallest absolute Gasteiger partial charge is 0.437 e. The van der Waals surface area contributed by atoms with Gasteiger partial charge in [-0.15, -0.1) is 0 Å². The van der Waals surface area contributed by atoms with Gasteiger partial charge in [0.25, 0.3) is 5.92 Å². The topological polar surface area (TPSA) is 91.2 Å². The lowest BCUT2D eigenvalue weighted by atomic mass is 10.0. The molecule has 0 saturated carbocycles. The molecular weight excluding hydrogens is 509 g/mol. The first-order chi connectivity index (χ1) is 16.7. The maximum atomic E-state index is 13.9. The van der Waals surface area contributed by atoms with Gasteiger partial charge in [-0.1, -0.05) is 17.7 Å². The molecule has 13 heteroatoms. The quantitative estimate of drug-likeness (QED) is 0.304. The van der Waals surface area contributed by atoms with E-state index in [1.165, 1.54) is 23.1 Å². The summed E-state index contributed by atoms with van der Waals surface area (Å²) in [6, 6.07) is 5.34. The van der Waals surface area contributed by atoms with Gasteiger partial charge < -0.3 is 15.3 Å². The average molecular weight is 530 g/mol. The van der Waals surface area contributed by atoms with E-state index in [2.05, 4.69) is 20.3 Å². The Morgan fingerprint density at radius 2 is 1.83 bits per heavy atom. The maximum Gasteiger partial charge on any atom is 0.437 e. The third-order valence-electron chi connectivity index (χ3n) is 5.89. The molecule has 0 aliphatic carbocycles. The van der Waals surface area contributed by atoms with Gasteiger partial charge in [0.2, 0.25) is 0 Å². The number of aromatic carboxylic acids is 1. The summed E-state index contributed by atoms with van der Waals surface area (Å²) >= 11 is 5.81. The minimum Gasteiger partial charge on any atom is -0.476 e. The molecule has 1 fully saturated rings. The van der Waals surface area contributed by atoms with Gasteiger partial charge in [-0.2, -0.15) is 13.2 Å².